The van der Waals surface area contributed by atoms with Gasteiger partial charge in [0.05, 0.1) is 4.90 Å². The zero-order valence-corrected chi connectivity index (χ0v) is 16.7. The number of urea groups is 1. The lowest BCUT2D eigenvalue weighted by molar-refractivity contribution is -0.118. The molecule has 2 rings (SSSR count). The normalized spacial score (nSPS) is 12.3. The molecule has 3 amide bonds. The molecule has 0 saturated carbocycles. The lowest BCUT2D eigenvalue weighted by atomic mass is 10.0. The van der Waals surface area contributed by atoms with Crippen molar-refractivity contribution < 1.29 is 18.0 Å². The lowest BCUT2D eigenvalue weighted by Gasteiger charge is -2.22. The second-order valence-electron chi connectivity index (χ2n) is 6.70. The van der Waals surface area contributed by atoms with Crippen LogP contribution in [0.4, 0.5) is 16.2 Å². The first-order valence-electron chi connectivity index (χ1n) is 8.65. The fourth-order valence-electron chi connectivity index (χ4n) is 2.57. The number of nitrogens with one attached hydrogen (secondary N) is 3. The Balaban J connectivity index is 2.12. The number of sulfonamides is 1. The molecule has 0 saturated heterocycles. The molecule has 0 aliphatic heterocycles. The van der Waals surface area contributed by atoms with E-state index in [0.29, 0.717) is 11.3 Å². The van der Waals surface area contributed by atoms with Crippen LogP contribution in [-0.2, 0) is 14.8 Å². The SMILES string of the molecule is Cc1ccc(NC(=O)[C@@H](NC(=O)Nc2ccccc2)C(C)C)cc1S(N)(=O)=O. The minimum Gasteiger partial charge on any atom is -0.326 e. The van der Waals surface area contributed by atoms with Crippen LogP contribution in [-0.4, -0.2) is 26.4 Å². The summed E-state index contributed by atoms with van der Waals surface area (Å²) in [6, 6.07) is 11.9. The van der Waals surface area contributed by atoms with E-state index < -0.39 is 28.0 Å². The molecule has 2 aromatic rings. The number of para-hydroxylation sites is 1. The molecule has 0 aliphatic carbocycles. The van der Waals surface area contributed by atoms with Crippen molar-refractivity contribution in [2.45, 2.75) is 31.7 Å². The summed E-state index contributed by atoms with van der Waals surface area (Å²) in [5, 5.41) is 13.1. The first-order chi connectivity index (χ1) is 13.1. The molecule has 0 heterocycles. The van der Waals surface area contributed by atoms with Gasteiger partial charge in [-0.05, 0) is 42.7 Å². The Kier molecular flexibility index (Phi) is 6.76. The monoisotopic (exact) mass is 404 g/mol. The van der Waals surface area contributed by atoms with Crippen LogP contribution in [0.15, 0.2) is 53.4 Å². The number of aryl methyl sites for hydroxylation is 1. The fraction of sp³-hybridized carbons (Fsp3) is 0.263. The number of nitrogens with two attached hydrogens (primary N) is 1. The number of primary sulfonamides is 1. The fourth-order valence-corrected chi connectivity index (χ4v) is 3.38. The number of carbonyl (C=O) groups excluding carboxylic acids is 2. The van der Waals surface area contributed by atoms with E-state index >= 15 is 0 Å². The summed E-state index contributed by atoms with van der Waals surface area (Å²) in [4.78, 5) is 24.8. The van der Waals surface area contributed by atoms with Gasteiger partial charge in [-0.25, -0.2) is 18.4 Å². The van der Waals surface area contributed by atoms with Crippen LogP contribution in [0.2, 0.25) is 0 Å². The van der Waals surface area contributed by atoms with E-state index in [1.165, 1.54) is 6.07 Å². The molecule has 5 N–H and O–H groups in total. The molecule has 9 heteroatoms. The van der Waals surface area contributed by atoms with Crippen molar-refractivity contribution in [3.63, 3.8) is 0 Å². The van der Waals surface area contributed by atoms with Crippen LogP contribution in [0.5, 0.6) is 0 Å². The van der Waals surface area contributed by atoms with Gasteiger partial charge in [0.15, 0.2) is 0 Å². The zero-order valence-electron chi connectivity index (χ0n) is 15.9. The van der Waals surface area contributed by atoms with Gasteiger partial charge in [-0.1, -0.05) is 38.1 Å². The maximum absolute atomic E-state index is 12.7. The number of amides is 3. The van der Waals surface area contributed by atoms with Gasteiger partial charge in [0.25, 0.3) is 0 Å². The van der Waals surface area contributed by atoms with Gasteiger partial charge in [-0.15, -0.1) is 0 Å². The molecule has 28 heavy (non-hydrogen) atoms. The highest BCUT2D eigenvalue weighted by Gasteiger charge is 2.25. The quantitative estimate of drug-likeness (QED) is 0.589. The average Bonchev–Trinajstić information content (AvgIpc) is 2.61. The first-order valence-corrected chi connectivity index (χ1v) is 10.2. The van der Waals surface area contributed by atoms with Crippen molar-refractivity contribution in [3.05, 3.63) is 54.1 Å². The minimum absolute atomic E-state index is 0.0684. The largest absolute Gasteiger partial charge is 0.326 e. The number of anilines is 2. The van der Waals surface area contributed by atoms with E-state index in [-0.39, 0.29) is 16.5 Å². The molecule has 1 atom stereocenters. The summed E-state index contributed by atoms with van der Waals surface area (Å²) in [5.74, 6) is -0.674. The molecular weight excluding hydrogens is 380 g/mol. The molecule has 0 spiro atoms. The summed E-state index contributed by atoms with van der Waals surface area (Å²) in [5.41, 5.74) is 1.34. The third-order valence-electron chi connectivity index (χ3n) is 4.03. The van der Waals surface area contributed by atoms with Gasteiger partial charge >= 0.3 is 6.03 Å². The van der Waals surface area contributed by atoms with Crippen molar-refractivity contribution in [1.82, 2.24) is 5.32 Å². The lowest BCUT2D eigenvalue weighted by Crippen LogP contribution is -2.48. The van der Waals surface area contributed by atoms with E-state index in [1.807, 2.05) is 6.07 Å². The summed E-state index contributed by atoms with van der Waals surface area (Å²) < 4.78 is 23.3. The van der Waals surface area contributed by atoms with Crippen molar-refractivity contribution in [1.29, 1.82) is 0 Å². The zero-order chi connectivity index (χ0) is 20.9. The predicted octanol–water partition coefficient (Wildman–Crippen LogP) is 2.43. The summed E-state index contributed by atoms with van der Waals surface area (Å²) in [6.07, 6.45) is 0. The minimum atomic E-state index is -3.91. The molecule has 0 unspecified atom stereocenters. The Morgan fingerprint density at radius 2 is 1.61 bits per heavy atom. The van der Waals surface area contributed by atoms with Gasteiger partial charge in [0.1, 0.15) is 6.04 Å². The highest BCUT2D eigenvalue weighted by molar-refractivity contribution is 7.89. The smallest absolute Gasteiger partial charge is 0.319 e. The Hall–Kier alpha value is -2.91. The van der Waals surface area contributed by atoms with E-state index in [0.717, 1.165) is 0 Å². The topological polar surface area (TPSA) is 130 Å². The maximum atomic E-state index is 12.7. The Morgan fingerprint density at radius 1 is 0.964 bits per heavy atom. The van der Waals surface area contributed by atoms with Crippen LogP contribution in [0.3, 0.4) is 0 Å². The summed E-state index contributed by atoms with van der Waals surface area (Å²) >= 11 is 0. The second-order valence-corrected chi connectivity index (χ2v) is 8.23. The van der Waals surface area contributed by atoms with Gasteiger partial charge < -0.3 is 16.0 Å². The Bertz CT molecular complexity index is 959. The van der Waals surface area contributed by atoms with Crippen LogP contribution in [0, 0.1) is 12.8 Å². The summed E-state index contributed by atoms with van der Waals surface area (Å²) in [7, 11) is -3.91. The van der Waals surface area contributed by atoms with E-state index in [9.17, 15) is 18.0 Å². The number of rotatable bonds is 6. The summed E-state index contributed by atoms with van der Waals surface area (Å²) in [6.45, 7) is 5.19. The molecule has 0 aliphatic rings. The molecule has 0 aromatic heterocycles. The third kappa shape index (κ3) is 5.80. The highest BCUT2D eigenvalue weighted by Crippen LogP contribution is 2.19. The molecule has 0 bridgehead atoms. The number of hydrogen-bond donors (Lipinski definition) is 4. The van der Waals surface area contributed by atoms with Gasteiger partial charge in [-0.2, -0.15) is 0 Å². The van der Waals surface area contributed by atoms with E-state index in [1.54, 1.807) is 57.2 Å². The van der Waals surface area contributed by atoms with Crippen molar-refractivity contribution in [3.8, 4) is 0 Å². The number of benzene rings is 2. The maximum Gasteiger partial charge on any atom is 0.319 e. The van der Waals surface area contributed by atoms with Crippen LogP contribution < -0.4 is 21.1 Å². The molecule has 8 nitrogen and oxygen atoms in total. The second kappa shape index (κ2) is 8.85. The standard InChI is InChI=1S/C19H24N4O4S/c1-12(2)17(23-19(25)22-14-7-5-4-6-8-14)18(24)21-15-10-9-13(3)16(11-15)28(20,26)27/h4-12,17H,1-3H3,(H,21,24)(H2,20,26,27)(H2,22,23,25)/t17-/m0/s1. The molecular formula is C19H24N4O4S. The number of hydrogen-bond acceptors (Lipinski definition) is 4. The molecule has 0 fully saturated rings. The van der Waals surface area contributed by atoms with Crippen molar-refractivity contribution in [2.24, 2.45) is 11.1 Å². The third-order valence-corrected chi connectivity index (χ3v) is 5.08. The molecule has 0 radical (unpaired) electrons. The number of carbonyl (C=O) groups is 2. The van der Waals surface area contributed by atoms with Gasteiger partial charge in [-0.3, -0.25) is 4.79 Å². The first kappa shape index (κ1) is 21.4. The van der Waals surface area contributed by atoms with Crippen LogP contribution in [0.1, 0.15) is 19.4 Å². The van der Waals surface area contributed by atoms with Crippen molar-refractivity contribution >= 4 is 33.3 Å². The van der Waals surface area contributed by atoms with Gasteiger partial charge in [0.2, 0.25) is 15.9 Å². The predicted molar refractivity (Wildman–Crippen MR) is 108 cm³/mol. The van der Waals surface area contributed by atoms with E-state index in [4.69, 9.17) is 5.14 Å². The average molecular weight is 404 g/mol. The van der Waals surface area contributed by atoms with E-state index in [2.05, 4.69) is 16.0 Å². The molecule has 150 valence electrons. The Labute approximate surface area is 164 Å². The van der Waals surface area contributed by atoms with Crippen LogP contribution >= 0.6 is 0 Å². The van der Waals surface area contributed by atoms with Crippen LogP contribution in [0.25, 0.3) is 0 Å². The van der Waals surface area contributed by atoms with Gasteiger partial charge in [0, 0.05) is 11.4 Å². The molecule has 2 aromatic carbocycles. The van der Waals surface area contributed by atoms with Crippen molar-refractivity contribution in [2.75, 3.05) is 10.6 Å². The Morgan fingerprint density at radius 3 is 2.18 bits per heavy atom. The highest BCUT2D eigenvalue weighted by atomic mass is 32.2.